The summed E-state index contributed by atoms with van der Waals surface area (Å²) in [5, 5.41) is 2.55. The van der Waals surface area contributed by atoms with E-state index >= 15 is 0 Å². The minimum Gasteiger partial charge on any atom is -0.315 e. The van der Waals surface area contributed by atoms with Crippen LogP contribution in [0.2, 0.25) is 0 Å². The van der Waals surface area contributed by atoms with Gasteiger partial charge in [0.25, 0.3) is 0 Å². The SMILES string of the molecule is C/C(=C\C=C(/C)N(c1ccccc1)c1ccc2c(c1)C1(c3ccccc3-c3ccccc31)c1ccccc1-2)c1ccc(-n2c3ccccc3c3ccccc32)cc1. The lowest BCUT2D eigenvalue weighted by atomic mass is 9.70. The Hall–Kier alpha value is -7.16. The van der Waals surface area contributed by atoms with E-state index in [-0.39, 0.29) is 0 Å². The van der Waals surface area contributed by atoms with Crippen molar-refractivity contribution in [3.63, 3.8) is 0 Å². The van der Waals surface area contributed by atoms with Crippen LogP contribution in [0.3, 0.4) is 0 Å². The van der Waals surface area contributed by atoms with Crippen LogP contribution in [0.15, 0.2) is 212 Å². The number of nitrogens with zero attached hydrogens (tertiary/aromatic N) is 2. The molecule has 0 saturated heterocycles. The summed E-state index contributed by atoms with van der Waals surface area (Å²) in [6, 6.07) is 71.3. The molecule has 1 aromatic heterocycles. The Kier molecular flexibility index (Phi) is 7.55. The fraction of sp³-hybridized carbons (Fsp3) is 0.0545. The lowest BCUT2D eigenvalue weighted by molar-refractivity contribution is 0.793. The van der Waals surface area contributed by atoms with Gasteiger partial charge < -0.3 is 9.47 Å². The number of rotatable bonds is 6. The Balaban J connectivity index is 1.00. The molecule has 2 aliphatic carbocycles. The Bertz CT molecular complexity index is 2970. The third-order valence-electron chi connectivity index (χ3n) is 12.3. The van der Waals surface area contributed by atoms with Crippen molar-refractivity contribution in [1.29, 1.82) is 0 Å². The van der Waals surface area contributed by atoms with Crippen LogP contribution in [0.25, 0.3) is 55.3 Å². The molecule has 9 aromatic rings. The highest BCUT2D eigenvalue weighted by Crippen LogP contribution is 2.63. The average molecular weight is 729 g/mol. The third-order valence-corrected chi connectivity index (χ3v) is 12.3. The molecule has 2 aliphatic rings. The minimum absolute atomic E-state index is 0.392. The Morgan fingerprint density at radius 2 is 0.930 bits per heavy atom. The van der Waals surface area contributed by atoms with Gasteiger partial charge in [0.2, 0.25) is 0 Å². The van der Waals surface area contributed by atoms with E-state index in [1.165, 1.54) is 77.5 Å². The first-order chi connectivity index (χ1) is 28.1. The molecule has 11 rings (SSSR count). The largest absolute Gasteiger partial charge is 0.315 e. The molecule has 270 valence electrons. The van der Waals surface area contributed by atoms with Gasteiger partial charge in [-0.05, 0) is 124 Å². The van der Waals surface area contributed by atoms with Gasteiger partial charge in [-0.15, -0.1) is 0 Å². The lowest BCUT2D eigenvalue weighted by Gasteiger charge is -2.32. The summed E-state index contributed by atoms with van der Waals surface area (Å²) in [5.41, 5.74) is 19.7. The van der Waals surface area contributed by atoms with Crippen molar-refractivity contribution in [2.45, 2.75) is 19.3 Å². The van der Waals surface area contributed by atoms with Crippen LogP contribution in [0.4, 0.5) is 11.4 Å². The van der Waals surface area contributed by atoms with Crippen molar-refractivity contribution in [3.8, 4) is 27.9 Å². The molecule has 2 heteroatoms. The van der Waals surface area contributed by atoms with Gasteiger partial charge in [-0.2, -0.15) is 0 Å². The first-order valence-corrected chi connectivity index (χ1v) is 19.9. The molecule has 0 unspecified atom stereocenters. The summed E-state index contributed by atoms with van der Waals surface area (Å²) in [6.07, 6.45) is 4.52. The number of hydrogen-bond donors (Lipinski definition) is 0. The molecule has 0 amide bonds. The molecule has 0 fully saturated rings. The van der Waals surface area contributed by atoms with Crippen molar-refractivity contribution in [1.82, 2.24) is 4.57 Å². The number of benzene rings is 8. The second kappa shape index (κ2) is 13.0. The summed E-state index contributed by atoms with van der Waals surface area (Å²) in [6.45, 7) is 4.43. The van der Waals surface area contributed by atoms with Crippen LogP contribution in [0.5, 0.6) is 0 Å². The van der Waals surface area contributed by atoms with E-state index in [1.807, 2.05) is 0 Å². The van der Waals surface area contributed by atoms with E-state index in [1.54, 1.807) is 0 Å². The van der Waals surface area contributed by atoms with E-state index in [0.717, 1.165) is 22.8 Å². The highest BCUT2D eigenvalue weighted by molar-refractivity contribution is 6.09. The zero-order valence-electron chi connectivity index (χ0n) is 32.0. The van der Waals surface area contributed by atoms with Crippen LogP contribution in [0, 0.1) is 0 Å². The van der Waals surface area contributed by atoms with Gasteiger partial charge in [0.05, 0.1) is 16.4 Å². The van der Waals surface area contributed by atoms with E-state index in [9.17, 15) is 0 Å². The van der Waals surface area contributed by atoms with Gasteiger partial charge in [0, 0.05) is 33.5 Å². The van der Waals surface area contributed by atoms with E-state index in [2.05, 4.69) is 230 Å². The van der Waals surface area contributed by atoms with Gasteiger partial charge in [-0.25, -0.2) is 0 Å². The van der Waals surface area contributed by atoms with Gasteiger partial charge >= 0.3 is 0 Å². The molecule has 0 atom stereocenters. The topological polar surface area (TPSA) is 8.17 Å². The predicted octanol–water partition coefficient (Wildman–Crippen LogP) is 14.3. The highest BCUT2D eigenvalue weighted by atomic mass is 15.1. The van der Waals surface area contributed by atoms with Crippen molar-refractivity contribution in [3.05, 3.63) is 240 Å². The predicted molar refractivity (Wildman–Crippen MR) is 240 cm³/mol. The van der Waals surface area contributed by atoms with Crippen molar-refractivity contribution < 1.29 is 0 Å². The molecule has 1 spiro atoms. The maximum Gasteiger partial charge on any atom is 0.0726 e. The summed E-state index contributed by atoms with van der Waals surface area (Å²) >= 11 is 0. The van der Waals surface area contributed by atoms with Gasteiger partial charge in [0.15, 0.2) is 0 Å². The molecule has 0 bridgehead atoms. The lowest BCUT2D eigenvalue weighted by Crippen LogP contribution is -2.26. The number of allylic oxidation sites excluding steroid dienone is 4. The van der Waals surface area contributed by atoms with E-state index < -0.39 is 5.41 Å². The summed E-state index contributed by atoms with van der Waals surface area (Å²) in [5.74, 6) is 0. The van der Waals surface area contributed by atoms with Crippen molar-refractivity contribution >= 4 is 38.8 Å². The zero-order chi connectivity index (χ0) is 38.1. The number of aromatic nitrogens is 1. The summed E-state index contributed by atoms with van der Waals surface area (Å²) in [4.78, 5) is 2.40. The first kappa shape index (κ1) is 33.2. The maximum absolute atomic E-state index is 2.46. The molecule has 2 nitrogen and oxygen atoms in total. The number of anilines is 2. The van der Waals surface area contributed by atoms with Crippen LogP contribution in [0.1, 0.15) is 41.7 Å². The van der Waals surface area contributed by atoms with E-state index in [0.29, 0.717) is 0 Å². The summed E-state index contributed by atoms with van der Waals surface area (Å²) in [7, 11) is 0. The average Bonchev–Trinajstić information content (AvgIpc) is 3.88. The third kappa shape index (κ3) is 4.90. The Morgan fingerprint density at radius 1 is 0.439 bits per heavy atom. The van der Waals surface area contributed by atoms with Crippen LogP contribution in [-0.4, -0.2) is 4.57 Å². The molecular weight excluding hydrogens is 689 g/mol. The molecular formula is C55H40N2. The second-order valence-corrected chi connectivity index (χ2v) is 15.4. The van der Waals surface area contributed by atoms with Crippen LogP contribution >= 0.6 is 0 Å². The minimum atomic E-state index is -0.392. The Labute approximate surface area is 333 Å². The number of para-hydroxylation sites is 3. The maximum atomic E-state index is 2.46. The van der Waals surface area contributed by atoms with Gasteiger partial charge in [-0.1, -0.05) is 152 Å². The normalized spacial score (nSPS) is 13.8. The molecule has 0 aliphatic heterocycles. The molecule has 0 radical (unpaired) electrons. The van der Waals surface area contributed by atoms with Gasteiger partial charge in [0.1, 0.15) is 0 Å². The van der Waals surface area contributed by atoms with Gasteiger partial charge in [-0.3, -0.25) is 0 Å². The second-order valence-electron chi connectivity index (χ2n) is 15.4. The molecule has 0 saturated carbocycles. The van der Waals surface area contributed by atoms with E-state index in [4.69, 9.17) is 0 Å². The molecule has 1 heterocycles. The molecule has 0 N–H and O–H groups in total. The van der Waals surface area contributed by atoms with Crippen molar-refractivity contribution in [2.24, 2.45) is 0 Å². The molecule has 8 aromatic carbocycles. The Morgan fingerprint density at radius 3 is 1.51 bits per heavy atom. The fourth-order valence-electron chi connectivity index (χ4n) is 9.85. The quantitative estimate of drug-likeness (QED) is 0.155. The standard InChI is InChI=1S/C55H40N2/c1-37(39-30-32-41(33-31-39)57-53-26-14-9-21-47(53)48-22-10-15-27-54(48)57)28-29-38(2)56(40-16-4-3-5-17-40)42-34-35-46-45-20-8-13-25-51(45)55(52(46)36-42)49-23-11-6-18-43(49)44-19-7-12-24-50(44)55/h3-36H,1-2H3/b37-28+,38-29+. The monoisotopic (exact) mass is 728 g/mol. The highest BCUT2D eigenvalue weighted by Gasteiger charge is 2.51. The number of hydrogen-bond acceptors (Lipinski definition) is 1. The van der Waals surface area contributed by atoms with Crippen LogP contribution in [-0.2, 0) is 5.41 Å². The summed E-state index contributed by atoms with van der Waals surface area (Å²) < 4.78 is 2.37. The smallest absolute Gasteiger partial charge is 0.0726 e. The number of fused-ring (bicyclic) bond motifs is 13. The molecule has 57 heavy (non-hydrogen) atoms. The zero-order valence-corrected chi connectivity index (χ0v) is 32.0. The fourth-order valence-corrected chi connectivity index (χ4v) is 9.85. The van der Waals surface area contributed by atoms with Crippen LogP contribution < -0.4 is 4.90 Å². The van der Waals surface area contributed by atoms with Crippen molar-refractivity contribution in [2.75, 3.05) is 4.90 Å². The first-order valence-electron chi connectivity index (χ1n) is 19.9.